The molecule has 1 aromatic carbocycles. The predicted molar refractivity (Wildman–Crippen MR) is 87.5 cm³/mol. The zero-order valence-corrected chi connectivity index (χ0v) is 13.3. The van der Waals surface area contributed by atoms with Crippen LogP contribution in [0.4, 0.5) is 0 Å². The number of nitrogens with one attached hydrogen (secondary N) is 1. The Morgan fingerprint density at radius 1 is 1.05 bits per heavy atom. The Hall–Kier alpha value is -1.12. The molecule has 0 saturated heterocycles. The molecule has 1 aliphatic carbocycles. The fourth-order valence-electron chi connectivity index (χ4n) is 2.99. The summed E-state index contributed by atoms with van der Waals surface area (Å²) in [6.07, 6.45) is 2.55. The molecule has 0 amide bonds. The minimum absolute atomic E-state index is 0.484. The Bertz CT molecular complexity index is 563. The van der Waals surface area contributed by atoms with E-state index < -0.39 is 0 Å². The highest BCUT2D eigenvalue weighted by molar-refractivity contribution is 7.12. The van der Waals surface area contributed by atoms with Gasteiger partial charge in [0.15, 0.2) is 0 Å². The van der Waals surface area contributed by atoms with Crippen molar-refractivity contribution in [1.29, 1.82) is 0 Å². The summed E-state index contributed by atoms with van der Waals surface area (Å²) in [7, 11) is 0. The summed E-state index contributed by atoms with van der Waals surface area (Å²) in [5.41, 5.74) is 2.86. The molecule has 3 rings (SSSR count). The van der Waals surface area contributed by atoms with Gasteiger partial charge in [0.05, 0.1) is 0 Å². The van der Waals surface area contributed by atoms with Gasteiger partial charge in [-0.25, -0.2) is 0 Å². The van der Waals surface area contributed by atoms with Crippen molar-refractivity contribution in [3.05, 3.63) is 57.3 Å². The molecule has 0 aliphatic heterocycles. The van der Waals surface area contributed by atoms with Gasteiger partial charge in [-0.3, -0.25) is 0 Å². The number of hydrogen-bond acceptors (Lipinski definition) is 2. The Labute approximate surface area is 126 Å². The first-order chi connectivity index (χ1) is 9.61. The molecule has 106 valence electrons. The zero-order valence-electron chi connectivity index (χ0n) is 12.5. The third-order valence-corrected chi connectivity index (χ3v) is 5.54. The van der Waals surface area contributed by atoms with Crippen LogP contribution in [-0.2, 0) is 0 Å². The van der Waals surface area contributed by atoms with Crippen LogP contribution in [0.25, 0.3) is 0 Å². The fourth-order valence-corrected chi connectivity index (χ4v) is 3.88. The second-order valence-electron chi connectivity index (χ2n) is 6.11. The van der Waals surface area contributed by atoms with Crippen LogP contribution in [0.1, 0.15) is 52.6 Å². The van der Waals surface area contributed by atoms with Crippen LogP contribution in [-0.4, -0.2) is 6.04 Å². The largest absolute Gasteiger partial charge is 0.307 e. The molecule has 2 aromatic rings. The molecule has 2 heteroatoms. The molecular weight excluding hydrogens is 262 g/mol. The van der Waals surface area contributed by atoms with Crippen LogP contribution in [0.3, 0.4) is 0 Å². The van der Waals surface area contributed by atoms with E-state index in [1.807, 2.05) is 11.3 Å². The maximum atomic E-state index is 3.77. The van der Waals surface area contributed by atoms with E-state index in [-0.39, 0.29) is 0 Å². The van der Waals surface area contributed by atoms with Gasteiger partial charge in [-0.2, -0.15) is 0 Å². The number of benzene rings is 1. The first-order valence-corrected chi connectivity index (χ1v) is 8.32. The lowest BCUT2D eigenvalue weighted by molar-refractivity contribution is 0.272. The standard InChI is InChI=1S/C18H23NS/c1-12-4-7-15(8-5-12)16-10-17(11-16)19-14(3)18-9-6-13(2)20-18/h4-9,14,16-17,19H,10-11H2,1-3H3. The van der Waals surface area contributed by atoms with Crippen molar-refractivity contribution in [2.24, 2.45) is 0 Å². The SMILES string of the molecule is Cc1ccc(C2CC(NC(C)c3ccc(C)s3)C2)cc1. The van der Waals surface area contributed by atoms with Crippen LogP contribution in [0.2, 0.25) is 0 Å². The first-order valence-electron chi connectivity index (χ1n) is 7.51. The third kappa shape index (κ3) is 2.97. The summed E-state index contributed by atoms with van der Waals surface area (Å²) < 4.78 is 0. The maximum Gasteiger partial charge on any atom is 0.0388 e. The minimum Gasteiger partial charge on any atom is -0.307 e. The average molecular weight is 285 g/mol. The van der Waals surface area contributed by atoms with Gasteiger partial charge in [-0.1, -0.05) is 29.8 Å². The Kier molecular flexibility index (Phi) is 3.95. The summed E-state index contributed by atoms with van der Waals surface area (Å²) in [6, 6.07) is 14.7. The highest BCUT2D eigenvalue weighted by Crippen LogP contribution is 2.38. The number of aryl methyl sites for hydroxylation is 2. The number of rotatable bonds is 4. The molecule has 1 fully saturated rings. The van der Waals surface area contributed by atoms with Gasteiger partial charge < -0.3 is 5.32 Å². The Morgan fingerprint density at radius 2 is 1.75 bits per heavy atom. The van der Waals surface area contributed by atoms with Gasteiger partial charge in [0.1, 0.15) is 0 Å². The lowest BCUT2D eigenvalue weighted by Gasteiger charge is -2.38. The zero-order chi connectivity index (χ0) is 14.1. The van der Waals surface area contributed by atoms with Crippen molar-refractivity contribution < 1.29 is 0 Å². The van der Waals surface area contributed by atoms with Crippen molar-refractivity contribution in [2.75, 3.05) is 0 Å². The van der Waals surface area contributed by atoms with Crippen molar-refractivity contribution in [3.8, 4) is 0 Å². The molecule has 1 aromatic heterocycles. The van der Waals surface area contributed by atoms with Crippen LogP contribution < -0.4 is 5.32 Å². The topological polar surface area (TPSA) is 12.0 Å². The highest BCUT2D eigenvalue weighted by Gasteiger charge is 2.31. The van der Waals surface area contributed by atoms with Crippen LogP contribution >= 0.6 is 11.3 Å². The van der Waals surface area contributed by atoms with Gasteiger partial charge in [0, 0.05) is 21.8 Å². The quantitative estimate of drug-likeness (QED) is 0.837. The van der Waals surface area contributed by atoms with E-state index in [0.717, 1.165) is 5.92 Å². The second-order valence-corrected chi connectivity index (χ2v) is 7.43. The Morgan fingerprint density at radius 3 is 2.35 bits per heavy atom. The van der Waals surface area contributed by atoms with E-state index in [4.69, 9.17) is 0 Å². The summed E-state index contributed by atoms with van der Waals surface area (Å²) in [5, 5.41) is 3.77. The molecule has 1 unspecified atom stereocenters. The van der Waals surface area contributed by atoms with E-state index >= 15 is 0 Å². The normalized spacial score (nSPS) is 23.4. The smallest absolute Gasteiger partial charge is 0.0388 e. The fraction of sp³-hybridized carbons (Fsp3) is 0.444. The van der Waals surface area contributed by atoms with Gasteiger partial charge in [-0.15, -0.1) is 11.3 Å². The van der Waals surface area contributed by atoms with E-state index in [1.54, 1.807) is 0 Å². The second kappa shape index (κ2) is 5.71. The molecule has 0 spiro atoms. The molecule has 1 aliphatic rings. The molecular formula is C18H23NS. The van der Waals surface area contributed by atoms with Crippen molar-refractivity contribution in [3.63, 3.8) is 0 Å². The summed E-state index contributed by atoms with van der Waals surface area (Å²) in [5.74, 6) is 0.755. The van der Waals surface area contributed by atoms with Gasteiger partial charge in [0.2, 0.25) is 0 Å². The molecule has 1 heterocycles. The average Bonchev–Trinajstić information content (AvgIpc) is 2.81. The van der Waals surface area contributed by atoms with Crippen molar-refractivity contribution in [2.45, 2.75) is 51.6 Å². The Balaban J connectivity index is 1.52. The lowest BCUT2D eigenvalue weighted by atomic mass is 9.75. The van der Waals surface area contributed by atoms with Crippen molar-refractivity contribution >= 4 is 11.3 Å². The molecule has 0 radical (unpaired) electrons. The van der Waals surface area contributed by atoms with E-state index in [9.17, 15) is 0 Å². The molecule has 1 nitrogen and oxygen atoms in total. The number of thiophene rings is 1. The maximum absolute atomic E-state index is 3.77. The molecule has 0 bridgehead atoms. The monoisotopic (exact) mass is 285 g/mol. The lowest BCUT2D eigenvalue weighted by Crippen LogP contribution is -2.41. The third-order valence-electron chi connectivity index (χ3n) is 4.36. The van der Waals surface area contributed by atoms with E-state index in [1.165, 1.54) is 33.7 Å². The summed E-state index contributed by atoms with van der Waals surface area (Å²) in [6.45, 7) is 6.61. The van der Waals surface area contributed by atoms with Crippen LogP contribution in [0.5, 0.6) is 0 Å². The van der Waals surface area contributed by atoms with Crippen molar-refractivity contribution in [1.82, 2.24) is 5.32 Å². The van der Waals surface area contributed by atoms with Crippen LogP contribution in [0, 0.1) is 13.8 Å². The predicted octanol–water partition coefficient (Wildman–Crippen LogP) is 4.96. The minimum atomic E-state index is 0.484. The molecule has 1 atom stereocenters. The van der Waals surface area contributed by atoms with Gasteiger partial charge in [-0.05, 0) is 57.2 Å². The molecule has 1 saturated carbocycles. The summed E-state index contributed by atoms with van der Waals surface area (Å²) >= 11 is 1.91. The number of hydrogen-bond donors (Lipinski definition) is 1. The molecule has 1 N–H and O–H groups in total. The summed E-state index contributed by atoms with van der Waals surface area (Å²) in [4.78, 5) is 2.86. The van der Waals surface area contributed by atoms with Gasteiger partial charge in [0.25, 0.3) is 0 Å². The van der Waals surface area contributed by atoms with Gasteiger partial charge >= 0.3 is 0 Å². The van der Waals surface area contributed by atoms with E-state index in [0.29, 0.717) is 12.1 Å². The molecule has 20 heavy (non-hydrogen) atoms. The highest BCUT2D eigenvalue weighted by atomic mass is 32.1. The first kappa shape index (κ1) is 13.8. The van der Waals surface area contributed by atoms with E-state index in [2.05, 4.69) is 62.5 Å². The van der Waals surface area contributed by atoms with Crippen LogP contribution in [0.15, 0.2) is 36.4 Å².